The van der Waals surface area contributed by atoms with Crippen LogP contribution < -0.4 is 15.4 Å². The highest BCUT2D eigenvalue weighted by Crippen LogP contribution is 2.24. The Morgan fingerprint density at radius 2 is 1.91 bits per heavy atom. The summed E-state index contributed by atoms with van der Waals surface area (Å²) < 4.78 is 18.1. The summed E-state index contributed by atoms with van der Waals surface area (Å²) in [6.45, 7) is 2.66. The molecule has 1 amide bonds. The van der Waals surface area contributed by atoms with Crippen molar-refractivity contribution in [2.45, 2.75) is 13.3 Å². The summed E-state index contributed by atoms with van der Waals surface area (Å²) in [5, 5.41) is 5.91. The molecule has 2 rings (SSSR count). The SMILES string of the molecule is COc1ccc(C)cc1NCC(=O)NCCc1ccc(F)cc1. The van der Waals surface area contributed by atoms with Crippen molar-refractivity contribution >= 4 is 11.6 Å². The van der Waals surface area contributed by atoms with E-state index >= 15 is 0 Å². The molecule has 0 aromatic heterocycles. The van der Waals surface area contributed by atoms with Crippen LogP contribution in [0.4, 0.5) is 10.1 Å². The molecule has 0 aliphatic rings. The van der Waals surface area contributed by atoms with Gasteiger partial charge in [0.15, 0.2) is 0 Å². The predicted octanol–water partition coefficient (Wildman–Crippen LogP) is 2.91. The van der Waals surface area contributed by atoms with Crippen molar-refractivity contribution in [3.63, 3.8) is 0 Å². The number of halogens is 1. The van der Waals surface area contributed by atoms with E-state index in [0.29, 0.717) is 18.7 Å². The van der Waals surface area contributed by atoms with Crippen LogP contribution in [0, 0.1) is 12.7 Å². The van der Waals surface area contributed by atoms with E-state index in [0.717, 1.165) is 16.8 Å². The summed E-state index contributed by atoms with van der Waals surface area (Å²) in [6, 6.07) is 12.0. The number of anilines is 1. The first-order valence-corrected chi connectivity index (χ1v) is 7.48. The minimum atomic E-state index is -0.255. The van der Waals surface area contributed by atoms with Crippen LogP contribution in [0.1, 0.15) is 11.1 Å². The Balaban J connectivity index is 1.77. The van der Waals surface area contributed by atoms with Gasteiger partial charge in [0.1, 0.15) is 11.6 Å². The van der Waals surface area contributed by atoms with Gasteiger partial charge in [-0.3, -0.25) is 4.79 Å². The molecule has 122 valence electrons. The number of nitrogens with one attached hydrogen (secondary N) is 2. The molecule has 2 aromatic carbocycles. The van der Waals surface area contributed by atoms with Crippen molar-refractivity contribution < 1.29 is 13.9 Å². The van der Waals surface area contributed by atoms with Gasteiger partial charge in [0, 0.05) is 6.54 Å². The molecular weight excluding hydrogens is 295 g/mol. The molecule has 0 aliphatic carbocycles. The van der Waals surface area contributed by atoms with Crippen LogP contribution in [0.25, 0.3) is 0 Å². The fourth-order valence-electron chi connectivity index (χ4n) is 2.20. The average Bonchev–Trinajstić information content (AvgIpc) is 2.55. The summed E-state index contributed by atoms with van der Waals surface area (Å²) >= 11 is 0. The molecule has 2 N–H and O–H groups in total. The van der Waals surface area contributed by atoms with Gasteiger partial charge in [-0.1, -0.05) is 18.2 Å². The molecule has 23 heavy (non-hydrogen) atoms. The molecule has 5 heteroatoms. The summed E-state index contributed by atoms with van der Waals surface area (Å²) in [7, 11) is 1.60. The summed E-state index contributed by atoms with van der Waals surface area (Å²) in [5.74, 6) is 0.347. The highest BCUT2D eigenvalue weighted by atomic mass is 19.1. The third kappa shape index (κ3) is 5.29. The molecule has 0 aliphatic heterocycles. The van der Waals surface area contributed by atoms with Gasteiger partial charge in [0.2, 0.25) is 5.91 Å². The van der Waals surface area contributed by atoms with E-state index in [1.807, 2.05) is 25.1 Å². The number of amides is 1. The smallest absolute Gasteiger partial charge is 0.239 e. The summed E-state index contributed by atoms with van der Waals surface area (Å²) in [6.07, 6.45) is 0.666. The normalized spacial score (nSPS) is 10.2. The zero-order valence-corrected chi connectivity index (χ0v) is 13.4. The topological polar surface area (TPSA) is 50.4 Å². The van der Waals surface area contributed by atoms with Crippen LogP contribution >= 0.6 is 0 Å². The van der Waals surface area contributed by atoms with E-state index in [2.05, 4.69) is 10.6 Å². The lowest BCUT2D eigenvalue weighted by atomic mass is 10.1. The fourth-order valence-corrected chi connectivity index (χ4v) is 2.20. The maximum absolute atomic E-state index is 12.8. The van der Waals surface area contributed by atoms with Crippen LogP contribution in [0.5, 0.6) is 5.75 Å². The van der Waals surface area contributed by atoms with E-state index in [1.54, 1.807) is 19.2 Å². The van der Waals surface area contributed by atoms with E-state index < -0.39 is 0 Å². The Kier molecular flexibility index (Phi) is 5.97. The van der Waals surface area contributed by atoms with Gasteiger partial charge < -0.3 is 15.4 Å². The molecular formula is C18H21FN2O2. The Hall–Kier alpha value is -2.56. The predicted molar refractivity (Wildman–Crippen MR) is 89.3 cm³/mol. The molecule has 0 saturated carbocycles. The van der Waals surface area contributed by atoms with Crippen molar-refractivity contribution in [1.29, 1.82) is 0 Å². The second-order valence-electron chi connectivity index (χ2n) is 5.28. The zero-order valence-electron chi connectivity index (χ0n) is 13.4. The first-order valence-electron chi connectivity index (χ1n) is 7.48. The summed E-state index contributed by atoms with van der Waals surface area (Å²) in [4.78, 5) is 11.9. The molecule has 0 atom stereocenters. The maximum atomic E-state index is 12.8. The second-order valence-corrected chi connectivity index (χ2v) is 5.28. The largest absolute Gasteiger partial charge is 0.495 e. The van der Waals surface area contributed by atoms with E-state index in [9.17, 15) is 9.18 Å². The fraction of sp³-hybridized carbons (Fsp3) is 0.278. The van der Waals surface area contributed by atoms with Crippen molar-refractivity contribution in [1.82, 2.24) is 5.32 Å². The number of ether oxygens (including phenoxy) is 1. The van der Waals surface area contributed by atoms with E-state index in [-0.39, 0.29) is 18.3 Å². The number of carbonyl (C=O) groups excluding carboxylic acids is 1. The lowest BCUT2D eigenvalue weighted by molar-refractivity contribution is -0.119. The lowest BCUT2D eigenvalue weighted by Crippen LogP contribution is -2.31. The third-order valence-corrected chi connectivity index (χ3v) is 3.44. The molecule has 4 nitrogen and oxygen atoms in total. The number of aryl methyl sites for hydroxylation is 1. The van der Waals surface area contributed by atoms with E-state index in [1.165, 1.54) is 12.1 Å². The van der Waals surface area contributed by atoms with Crippen LogP contribution in [0.3, 0.4) is 0 Å². The molecule has 0 unspecified atom stereocenters. The number of methoxy groups -OCH3 is 1. The quantitative estimate of drug-likeness (QED) is 0.826. The third-order valence-electron chi connectivity index (χ3n) is 3.44. The highest BCUT2D eigenvalue weighted by Gasteiger charge is 2.05. The van der Waals surface area contributed by atoms with Crippen molar-refractivity contribution in [2.75, 3.05) is 25.5 Å². The van der Waals surface area contributed by atoms with Gasteiger partial charge >= 0.3 is 0 Å². The molecule has 0 radical (unpaired) electrons. The Bertz CT molecular complexity index is 657. The van der Waals surface area contributed by atoms with Gasteiger partial charge in [-0.25, -0.2) is 4.39 Å². The van der Waals surface area contributed by atoms with Gasteiger partial charge in [-0.05, 0) is 48.7 Å². The molecule has 0 spiro atoms. The molecule has 2 aromatic rings. The first kappa shape index (κ1) is 16.8. The average molecular weight is 316 g/mol. The van der Waals surface area contributed by atoms with E-state index in [4.69, 9.17) is 4.74 Å². The lowest BCUT2D eigenvalue weighted by Gasteiger charge is -2.12. The Labute approximate surface area is 135 Å². The second kappa shape index (κ2) is 8.17. The number of rotatable bonds is 7. The van der Waals surface area contributed by atoms with Gasteiger partial charge in [-0.15, -0.1) is 0 Å². The monoisotopic (exact) mass is 316 g/mol. The molecule has 0 bridgehead atoms. The van der Waals surface area contributed by atoms with Crippen molar-refractivity contribution in [3.05, 3.63) is 59.4 Å². The highest BCUT2D eigenvalue weighted by molar-refractivity contribution is 5.81. The molecule has 0 saturated heterocycles. The standard InChI is InChI=1S/C18H21FN2O2/c1-13-3-8-17(23-2)16(11-13)21-12-18(22)20-10-9-14-4-6-15(19)7-5-14/h3-8,11,21H,9-10,12H2,1-2H3,(H,20,22). The van der Waals surface area contributed by atoms with Crippen molar-refractivity contribution in [2.24, 2.45) is 0 Å². The van der Waals surface area contributed by atoms with Gasteiger partial charge in [-0.2, -0.15) is 0 Å². The van der Waals surface area contributed by atoms with Crippen LogP contribution in [0.2, 0.25) is 0 Å². The molecule has 0 fully saturated rings. The van der Waals surface area contributed by atoms with Crippen molar-refractivity contribution in [3.8, 4) is 5.75 Å². The number of hydrogen-bond acceptors (Lipinski definition) is 3. The van der Waals surface area contributed by atoms with Crippen LogP contribution in [0.15, 0.2) is 42.5 Å². The number of benzene rings is 2. The van der Waals surface area contributed by atoms with Crippen LogP contribution in [-0.2, 0) is 11.2 Å². The minimum absolute atomic E-state index is 0.101. The zero-order chi connectivity index (χ0) is 16.7. The Morgan fingerprint density at radius 3 is 2.61 bits per heavy atom. The summed E-state index contributed by atoms with van der Waals surface area (Å²) in [5.41, 5.74) is 2.87. The maximum Gasteiger partial charge on any atom is 0.239 e. The minimum Gasteiger partial charge on any atom is -0.495 e. The van der Waals surface area contributed by atoms with Gasteiger partial charge in [0.25, 0.3) is 0 Å². The van der Waals surface area contributed by atoms with Crippen LogP contribution in [-0.4, -0.2) is 26.1 Å². The first-order chi connectivity index (χ1) is 11.1. The van der Waals surface area contributed by atoms with Gasteiger partial charge in [0.05, 0.1) is 19.3 Å². The Morgan fingerprint density at radius 1 is 1.17 bits per heavy atom. The molecule has 0 heterocycles. The number of carbonyl (C=O) groups is 1. The number of hydrogen-bond donors (Lipinski definition) is 2.